The van der Waals surface area contributed by atoms with Gasteiger partial charge in [-0.05, 0) is 30.7 Å². The Balaban J connectivity index is 1.37. The highest BCUT2D eigenvalue weighted by Crippen LogP contribution is 2.23. The van der Waals surface area contributed by atoms with Crippen LogP contribution in [-0.2, 0) is 25.6 Å². The second-order valence-corrected chi connectivity index (χ2v) is 8.01. The summed E-state index contributed by atoms with van der Waals surface area (Å²) in [5.41, 5.74) is 2.01. The molecule has 3 atom stereocenters. The van der Waals surface area contributed by atoms with Crippen LogP contribution in [0.2, 0.25) is 0 Å². The van der Waals surface area contributed by atoms with Crippen LogP contribution >= 0.6 is 0 Å². The number of nitrogens with one attached hydrogen (secondary N) is 1. The molecule has 182 valence electrons. The third kappa shape index (κ3) is 5.66. The van der Waals surface area contributed by atoms with Crippen molar-refractivity contribution in [1.82, 2.24) is 15.3 Å². The zero-order chi connectivity index (χ0) is 24.1. The van der Waals surface area contributed by atoms with E-state index in [0.717, 1.165) is 0 Å². The summed E-state index contributed by atoms with van der Waals surface area (Å²) in [4.78, 5) is 27.0. The molecule has 10 nitrogen and oxygen atoms in total. The maximum atomic E-state index is 13.6. The fourth-order valence-corrected chi connectivity index (χ4v) is 3.72. The van der Waals surface area contributed by atoms with E-state index >= 15 is 0 Å². The maximum absolute atomic E-state index is 13.6. The standard InChI is InChI=1S/C23H27FN4O6/c1-13-26-17(18-8-21(34-28-18)22-12-32-15(10-30-2)11-33-22)7-19(27-13)23(29)25-9-14-4-5-16(24)20(6-14)31-3/h4-7,15,21-22H,8-12H2,1-3H3,(H,25,29)/t15?,21-,22+/m0/s1. The first-order valence-electron chi connectivity index (χ1n) is 10.9. The summed E-state index contributed by atoms with van der Waals surface area (Å²) < 4.78 is 35.3. The number of hydrogen-bond donors (Lipinski definition) is 1. The van der Waals surface area contributed by atoms with Gasteiger partial charge in [-0.3, -0.25) is 4.79 Å². The average molecular weight is 474 g/mol. The number of halogens is 1. The number of carbonyl (C=O) groups is 1. The Kier molecular flexibility index (Phi) is 7.66. The number of ether oxygens (including phenoxy) is 4. The lowest BCUT2D eigenvalue weighted by Gasteiger charge is -2.31. The normalized spacial score (nSPS) is 22.1. The van der Waals surface area contributed by atoms with Gasteiger partial charge in [0.2, 0.25) is 0 Å². The quantitative estimate of drug-likeness (QED) is 0.616. The van der Waals surface area contributed by atoms with E-state index < -0.39 is 5.82 Å². The van der Waals surface area contributed by atoms with E-state index in [9.17, 15) is 9.18 Å². The maximum Gasteiger partial charge on any atom is 0.270 e. The van der Waals surface area contributed by atoms with Crippen LogP contribution < -0.4 is 10.1 Å². The van der Waals surface area contributed by atoms with Gasteiger partial charge in [0, 0.05) is 20.1 Å². The highest BCUT2D eigenvalue weighted by atomic mass is 19.1. The number of aryl methyl sites for hydroxylation is 1. The van der Waals surface area contributed by atoms with E-state index in [1.807, 2.05) is 0 Å². The summed E-state index contributed by atoms with van der Waals surface area (Å²) in [7, 11) is 3.01. The summed E-state index contributed by atoms with van der Waals surface area (Å²) in [6, 6.07) is 5.98. The van der Waals surface area contributed by atoms with E-state index in [-0.39, 0.29) is 42.2 Å². The third-order valence-corrected chi connectivity index (χ3v) is 5.49. The van der Waals surface area contributed by atoms with Gasteiger partial charge in [0.05, 0.1) is 32.6 Å². The fourth-order valence-electron chi connectivity index (χ4n) is 3.72. The molecule has 0 saturated carbocycles. The molecule has 34 heavy (non-hydrogen) atoms. The van der Waals surface area contributed by atoms with Crippen LogP contribution in [0.4, 0.5) is 4.39 Å². The van der Waals surface area contributed by atoms with Gasteiger partial charge >= 0.3 is 0 Å². The van der Waals surface area contributed by atoms with E-state index in [4.69, 9.17) is 23.8 Å². The van der Waals surface area contributed by atoms with Crippen LogP contribution in [0.25, 0.3) is 0 Å². The van der Waals surface area contributed by atoms with Crippen molar-refractivity contribution < 1.29 is 33.0 Å². The Morgan fingerprint density at radius 2 is 2.03 bits per heavy atom. The van der Waals surface area contributed by atoms with E-state index in [1.165, 1.54) is 19.2 Å². The predicted molar refractivity (Wildman–Crippen MR) is 118 cm³/mol. The predicted octanol–water partition coefficient (Wildman–Crippen LogP) is 1.79. The molecule has 1 fully saturated rings. The number of carbonyl (C=O) groups excluding carboxylic acids is 1. The first-order chi connectivity index (χ1) is 16.5. The zero-order valence-corrected chi connectivity index (χ0v) is 19.2. The second-order valence-electron chi connectivity index (χ2n) is 8.01. The highest BCUT2D eigenvalue weighted by molar-refractivity contribution is 6.02. The third-order valence-electron chi connectivity index (χ3n) is 5.49. The summed E-state index contributed by atoms with van der Waals surface area (Å²) in [5, 5.41) is 6.95. The van der Waals surface area contributed by atoms with E-state index in [2.05, 4.69) is 20.4 Å². The topological polar surface area (TPSA) is 113 Å². The number of rotatable bonds is 8. The number of benzene rings is 1. The Hall–Kier alpha value is -3.15. The van der Waals surface area contributed by atoms with Crippen molar-refractivity contribution in [2.75, 3.05) is 34.0 Å². The molecule has 0 spiro atoms. The SMILES string of the molecule is COCC1CO[C@@H]([C@@H]2CC(c3cc(C(=O)NCc4ccc(F)c(OC)c4)nc(C)n3)=NO2)CO1. The molecule has 0 aliphatic carbocycles. The first-order valence-corrected chi connectivity index (χ1v) is 10.9. The van der Waals surface area contributed by atoms with E-state index in [1.54, 1.807) is 26.2 Å². The Labute approximate surface area is 196 Å². The van der Waals surface area contributed by atoms with Crippen LogP contribution in [0.5, 0.6) is 5.75 Å². The molecule has 3 heterocycles. The molecular formula is C23H27FN4O6. The van der Waals surface area contributed by atoms with E-state index in [0.29, 0.717) is 49.0 Å². The molecule has 11 heteroatoms. The van der Waals surface area contributed by atoms with Crippen LogP contribution in [0.15, 0.2) is 29.4 Å². The van der Waals surface area contributed by atoms with Crippen LogP contribution in [0.3, 0.4) is 0 Å². The summed E-state index contributed by atoms with van der Waals surface area (Å²) >= 11 is 0. The monoisotopic (exact) mass is 474 g/mol. The van der Waals surface area contributed by atoms with Gasteiger partial charge in [-0.25, -0.2) is 14.4 Å². The van der Waals surface area contributed by atoms with Crippen LogP contribution in [0, 0.1) is 12.7 Å². The van der Waals surface area contributed by atoms with Crippen molar-refractivity contribution in [2.45, 2.75) is 38.2 Å². The Bertz CT molecular complexity index is 1060. The minimum Gasteiger partial charge on any atom is -0.494 e. The largest absolute Gasteiger partial charge is 0.494 e. The molecule has 4 rings (SSSR count). The molecular weight excluding hydrogens is 447 g/mol. The average Bonchev–Trinajstić information content (AvgIpc) is 3.34. The smallest absolute Gasteiger partial charge is 0.270 e. The molecule has 2 aliphatic rings. The van der Waals surface area contributed by atoms with Gasteiger partial charge in [-0.15, -0.1) is 0 Å². The molecule has 1 aromatic heterocycles. The number of hydrogen-bond acceptors (Lipinski definition) is 9. The molecule has 2 aromatic rings. The summed E-state index contributed by atoms with van der Waals surface area (Å²) in [5.74, 6) is -0.315. The number of aromatic nitrogens is 2. The Morgan fingerprint density at radius 3 is 2.76 bits per heavy atom. The van der Waals surface area contributed by atoms with Gasteiger partial charge < -0.3 is 29.1 Å². The van der Waals surface area contributed by atoms with Crippen molar-refractivity contribution in [3.8, 4) is 5.75 Å². The number of nitrogens with zero attached hydrogens (tertiary/aromatic N) is 3. The molecule has 1 unspecified atom stereocenters. The lowest BCUT2D eigenvalue weighted by Crippen LogP contribution is -2.44. The number of methoxy groups -OCH3 is 2. The molecule has 0 radical (unpaired) electrons. The van der Waals surface area contributed by atoms with Gasteiger partial charge in [-0.1, -0.05) is 11.2 Å². The van der Waals surface area contributed by atoms with Crippen molar-refractivity contribution in [3.05, 3.63) is 52.9 Å². The zero-order valence-electron chi connectivity index (χ0n) is 19.2. The van der Waals surface area contributed by atoms with Crippen molar-refractivity contribution in [1.29, 1.82) is 0 Å². The molecule has 1 aromatic carbocycles. The number of oxime groups is 1. The summed E-state index contributed by atoms with van der Waals surface area (Å²) in [6.07, 6.45) is -0.188. The molecule has 1 saturated heterocycles. The molecule has 2 aliphatic heterocycles. The first kappa shape index (κ1) is 24.0. The van der Waals surface area contributed by atoms with Crippen LogP contribution in [0.1, 0.15) is 34.0 Å². The van der Waals surface area contributed by atoms with Gasteiger partial charge in [0.1, 0.15) is 29.4 Å². The van der Waals surface area contributed by atoms with Gasteiger partial charge in [0.15, 0.2) is 17.7 Å². The van der Waals surface area contributed by atoms with Crippen molar-refractivity contribution in [2.24, 2.45) is 5.16 Å². The van der Waals surface area contributed by atoms with Gasteiger partial charge in [-0.2, -0.15) is 0 Å². The molecule has 1 N–H and O–H groups in total. The Morgan fingerprint density at radius 1 is 1.18 bits per heavy atom. The van der Waals surface area contributed by atoms with Crippen LogP contribution in [-0.4, -0.2) is 73.9 Å². The molecule has 1 amide bonds. The van der Waals surface area contributed by atoms with Gasteiger partial charge in [0.25, 0.3) is 5.91 Å². The summed E-state index contributed by atoms with van der Waals surface area (Å²) in [6.45, 7) is 3.16. The highest BCUT2D eigenvalue weighted by Gasteiger charge is 2.35. The number of amides is 1. The lowest BCUT2D eigenvalue weighted by atomic mass is 10.0. The molecule has 0 bridgehead atoms. The van der Waals surface area contributed by atoms with Crippen molar-refractivity contribution in [3.63, 3.8) is 0 Å². The second kappa shape index (κ2) is 10.9. The minimum atomic E-state index is -0.466. The fraction of sp³-hybridized carbons (Fsp3) is 0.478. The lowest BCUT2D eigenvalue weighted by molar-refractivity contribution is -0.181. The minimum absolute atomic E-state index is 0.0929. The van der Waals surface area contributed by atoms with Crippen molar-refractivity contribution >= 4 is 11.6 Å².